The zero-order valence-electron chi connectivity index (χ0n) is 20.5. The van der Waals surface area contributed by atoms with Gasteiger partial charge in [0.1, 0.15) is 0 Å². The molecule has 1 heterocycles. The van der Waals surface area contributed by atoms with Gasteiger partial charge < -0.3 is 9.84 Å². The molecule has 0 aromatic carbocycles. The lowest BCUT2D eigenvalue weighted by atomic mass is 9.44. The van der Waals surface area contributed by atoms with Crippen molar-refractivity contribution in [3.63, 3.8) is 0 Å². The zero-order chi connectivity index (χ0) is 22.7. The largest absolute Gasteiger partial charge is 0.477 e. The molecule has 0 aliphatic heterocycles. The number of ether oxygens (including phenoxy) is 1. The van der Waals surface area contributed by atoms with Crippen molar-refractivity contribution in [2.45, 2.75) is 97.6 Å². The van der Waals surface area contributed by atoms with Crippen LogP contribution in [0.3, 0.4) is 0 Å². The van der Waals surface area contributed by atoms with Gasteiger partial charge in [0.2, 0.25) is 5.88 Å². The molecule has 1 aromatic rings. The van der Waals surface area contributed by atoms with E-state index in [1.54, 1.807) is 4.68 Å². The van der Waals surface area contributed by atoms with Gasteiger partial charge in [-0.15, -0.1) is 5.10 Å². The van der Waals surface area contributed by atoms with Gasteiger partial charge in [0, 0.05) is 18.2 Å². The minimum absolute atomic E-state index is 0.136. The van der Waals surface area contributed by atoms with Gasteiger partial charge in [-0.05, 0) is 106 Å². The normalized spacial score (nSPS) is 45.6. The van der Waals surface area contributed by atoms with E-state index in [1.807, 2.05) is 26.1 Å². The Morgan fingerprint density at radius 2 is 1.88 bits per heavy atom. The Bertz CT molecular complexity index is 863. The highest BCUT2D eigenvalue weighted by atomic mass is 16.5. The van der Waals surface area contributed by atoms with Crippen molar-refractivity contribution in [2.24, 2.45) is 40.4 Å². The number of nitrogens with zero attached hydrogens (tertiary/aromatic N) is 2. The standard InChI is InChI=1S/C27H42N2O3/c1-5-32-24-11-15-29(28-24)17-23(30)22-9-8-20-19-7-6-18-16-25(2,31)13-14-26(18,3)21(19)10-12-27(20,22)4/h11,15,18-22,31H,5-10,12-14,16-17H2,1-4H3/t18-,19-,20-,21-,22+,25+,26-,27-/m0/s1. The molecule has 0 unspecified atom stereocenters. The summed E-state index contributed by atoms with van der Waals surface area (Å²) in [6, 6.07) is 1.85. The Morgan fingerprint density at radius 3 is 2.66 bits per heavy atom. The zero-order valence-corrected chi connectivity index (χ0v) is 20.5. The van der Waals surface area contributed by atoms with Crippen molar-refractivity contribution >= 4 is 5.78 Å². The van der Waals surface area contributed by atoms with Gasteiger partial charge in [0.25, 0.3) is 0 Å². The molecule has 1 aromatic heterocycles. The number of carbonyl (C=O) groups is 1. The number of ketones is 1. The van der Waals surface area contributed by atoms with Crippen molar-refractivity contribution in [3.05, 3.63) is 12.3 Å². The summed E-state index contributed by atoms with van der Waals surface area (Å²) in [5.74, 6) is 3.98. The van der Waals surface area contributed by atoms with Crippen LogP contribution in [0.4, 0.5) is 0 Å². The van der Waals surface area contributed by atoms with Crippen LogP contribution in [-0.2, 0) is 11.3 Å². The van der Waals surface area contributed by atoms with Crippen LogP contribution in [0.5, 0.6) is 5.88 Å². The van der Waals surface area contributed by atoms with Crippen LogP contribution in [0, 0.1) is 40.4 Å². The summed E-state index contributed by atoms with van der Waals surface area (Å²) in [4.78, 5) is 13.4. The lowest BCUT2D eigenvalue weighted by Gasteiger charge is -2.61. The summed E-state index contributed by atoms with van der Waals surface area (Å²) < 4.78 is 7.22. The molecule has 4 aliphatic carbocycles. The van der Waals surface area contributed by atoms with Crippen LogP contribution in [0.1, 0.15) is 85.5 Å². The predicted molar refractivity (Wildman–Crippen MR) is 124 cm³/mol. The Kier molecular flexibility index (Phi) is 5.51. The molecule has 4 aliphatic rings. The van der Waals surface area contributed by atoms with Crippen LogP contribution < -0.4 is 4.74 Å². The molecule has 0 spiro atoms. The molecule has 5 nitrogen and oxygen atoms in total. The number of rotatable bonds is 5. The third kappa shape index (κ3) is 3.54. The first-order valence-corrected chi connectivity index (χ1v) is 13.1. The fourth-order valence-corrected chi connectivity index (χ4v) is 8.89. The number of aromatic nitrogens is 2. The molecule has 5 rings (SSSR count). The first kappa shape index (κ1) is 22.4. The number of fused-ring (bicyclic) bond motifs is 5. The number of hydrogen-bond acceptors (Lipinski definition) is 4. The highest BCUT2D eigenvalue weighted by Crippen LogP contribution is 2.68. The van der Waals surface area contributed by atoms with Crippen LogP contribution in [0.15, 0.2) is 12.3 Å². The second-order valence-electron chi connectivity index (χ2n) is 12.3. The summed E-state index contributed by atoms with van der Waals surface area (Å²) in [6.45, 7) is 9.91. The molecule has 1 N–H and O–H groups in total. The van der Waals surface area contributed by atoms with Crippen LogP contribution >= 0.6 is 0 Å². The van der Waals surface area contributed by atoms with Gasteiger partial charge in [-0.25, -0.2) is 0 Å². The molecule has 4 fully saturated rings. The van der Waals surface area contributed by atoms with Gasteiger partial charge in [0.05, 0.1) is 18.8 Å². The van der Waals surface area contributed by atoms with Crippen LogP contribution in [0.25, 0.3) is 0 Å². The summed E-state index contributed by atoms with van der Waals surface area (Å²) in [5, 5.41) is 15.1. The molecule has 32 heavy (non-hydrogen) atoms. The number of carbonyl (C=O) groups excluding carboxylic acids is 1. The number of aliphatic hydroxyl groups is 1. The molecule has 0 radical (unpaired) electrons. The van der Waals surface area contributed by atoms with E-state index in [9.17, 15) is 9.90 Å². The van der Waals surface area contributed by atoms with Gasteiger partial charge in [-0.1, -0.05) is 13.8 Å². The van der Waals surface area contributed by atoms with Crippen molar-refractivity contribution < 1.29 is 14.6 Å². The summed E-state index contributed by atoms with van der Waals surface area (Å²) >= 11 is 0. The SMILES string of the molecule is CCOc1ccn(CC(=O)[C@H]2CC[C@H]3[C@@H]4CC[C@H]5C[C@](C)(O)CC[C@]5(C)[C@H]4CC[C@]23C)n1. The number of Topliss-reactive ketones (excluding diaryl/α,β-unsaturated/α-hetero) is 1. The topological polar surface area (TPSA) is 64.3 Å². The van der Waals surface area contributed by atoms with Crippen LogP contribution in [-0.4, -0.2) is 32.9 Å². The monoisotopic (exact) mass is 442 g/mol. The molecule has 178 valence electrons. The van der Waals surface area contributed by atoms with Gasteiger partial charge in [-0.3, -0.25) is 9.48 Å². The highest BCUT2D eigenvalue weighted by molar-refractivity contribution is 5.82. The Labute approximate surface area is 193 Å². The lowest BCUT2D eigenvalue weighted by Crippen LogP contribution is -2.55. The fraction of sp³-hybridized carbons (Fsp3) is 0.852. The predicted octanol–water partition coefficient (Wildman–Crippen LogP) is 5.26. The molecule has 0 saturated heterocycles. The maximum absolute atomic E-state index is 13.4. The van der Waals surface area contributed by atoms with E-state index < -0.39 is 5.60 Å². The van der Waals surface area contributed by atoms with E-state index in [1.165, 1.54) is 38.5 Å². The summed E-state index contributed by atoms with van der Waals surface area (Å²) in [6.07, 6.45) is 12.2. The Balaban J connectivity index is 1.31. The minimum atomic E-state index is -0.473. The minimum Gasteiger partial charge on any atom is -0.477 e. The van der Waals surface area contributed by atoms with E-state index in [4.69, 9.17) is 4.74 Å². The van der Waals surface area contributed by atoms with E-state index >= 15 is 0 Å². The van der Waals surface area contributed by atoms with Gasteiger partial charge in [-0.2, -0.15) is 0 Å². The average Bonchev–Trinajstić information content (AvgIpc) is 3.32. The van der Waals surface area contributed by atoms with E-state index in [-0.39, 0.29) is 11.3 Å². The van der Waals surface area contributed by atoms with Crippen molar-refractivity contribution in [1.29, 1.82) is 0 Å². The number of hydrogen-bond donors (Lipinski definition) is 1. The highest BCUT2D eigenvalue weighted by Gasteiger charge is 2.61. The first-order chi connectivity index (χ1) is 15.2. The van der Waals surface area contributed by atoms with Crippen LogP contribution in [0.2, 0.25) is 0 Å². The molecule has 4 saturated carbocycles. The lowest BCUT2D eigenvalue weighted by molar-refractivity contribution is -0.151. The van der Waals surface area contributed by atoms with E-state index in [0.29, 0.717) is 42.1 Å². The molecule has 5 heteroatoms. The molecule has 0 amide bonds. The Morgan fingerprint density at radius 1 is 1.09 bits per heavy atom. The molecule has 0 bridgehead atoms. The second kappa shape index (κ2) is 7.85. The molecule has 8 atom stereocenters. The Hall–Kier alpha value is -1.36. The van der Waals surface area contributed by atoms with Gasteiger partial charge in [0.15, 0.2) is 5.78 Å². The van der Waals surface area contributed by atoms with Crippen molar-refractivity contribution in [2.75, 3.05) is 6.61 Å². The van der Waals surface area contributed by atoms with Crippen molar-refractivity contribution in [1.82, 2.24) is 9.78 Å². The summed E-state index contributed by atoms with van der Waals surface area (Å²) in [5.41, 5.74) is 0.0381. The maximum atomic E-state index is 13.4. The third-order valence-electron chi connectivity index (χ3n) is 10.6. The smallest absolute Gasteiger partial charge is 0.232 e. The van der Waals surface area contributed by atoms with E-state index in [2.05, 4.69) is 18.9 Å². The summed E-state index contributed by atoms with van der Waals surface area (Å²) in [7, 11) is 0. The molecular formula is C27H42N2O3. The average molecular weight is 443 g/mol. The maximum Gasteiger partial charge on any atom is 0.232 e. The van der Waals surface area contributed by atoms with Crippen molar-refractivity contribution in [3.8, 4) is 5.88 Å². The fourth-order valence-electron chi connectivity index (χ4n) is 8.89. The second-order valence-corrected chi connectivity index (χ2v) is 12.3. The van der Waals surface area contributed by atoms with E-state index in [0.717, 1.165) is 31.1 Å². The third-order valence-corrected chi connectivity index (χ3v) is 10.6. The quantitative estimate of drug-likeness (QED) is 0.675. The van der Waals surface area contributed by atoms with Gasteiger partial charge >= 0.3 is 0 Å². The molecular weight excluding hydrogens is 400 g/mol. The first-order valence-electron chi connectivity index (χ1n) is 13.1.